The highest BCUT2D eigenvalue weighted by Crippen LogP contribution is 2.50. The molecule has 0 bridgehead atoms. The van der Waals surface area contributed by atoms with Crippen molar-refractivity contribution in [3.8, 4) is 44.5 Å². The summed E-state index contributed by atoms with van der Waals surface area (Å²) in [6, 6.07) is 70.3. The van der Waals surface area contributed by atoms with Crippen molar-refractivity contribution >= 4 is 65.0 Å². The number of hydrogen-bond donors (Lipinski definition) is 0. The van der Waals surface area contributed by atoms with Gasteiger partial charge in [-0.1, -0.05) is 182 Å². The maximum Gasteiger partial charge on any atom is 0.143 e. The highest BCUT2D eigenvalue weighted by molar-refractivity contribution is 6.28. The first kappa shape index (κ1) is 29.7. The van der Waals surface area contributed by atoms with Crippen LogP contribution in [0.15, 0.2) is 199 Å². The lowest BCUT2D eigenvalue weighted by atomic mass is 9.83. The molecule has 11 rings (SSSR count). The van der Waals surface area contributed by atoms with Crippen molar-refractivity contribution in [3.05, 3.63) is 194 Å². The van der Waals surface area contributed by atoms with Gasteiger partial charge in [-0.25, -0.2) is 0 Å². The quantitative estimate of drug-likeness (QED) is 0.170. The molecule has 1 aromatic heterocycles. The SMILES string of the molecule is c1ccc(-c2ccc(-c3ccc(-c4c5ccccc5c(-c5cccc6ccccc56)c5ccccc45)c4c3oc3ccccc34)c3ccccc23)cc1. The third-order valence-corrected chi connectivity index (χ3v) is 11.1. The number of benzene rings is 10. The highest BCUT2D eigenvalue weighted by atomic mass is 16.3. The van der Waals surface area contributed by atoms with Crippen molar-refractivity contribution < 1.29 is 4.42 Å². The molecule has 1 nitrogen and oxygen atoms in total. The Kier molecular flexibility index (Phi) is 6.62. The van der Waals surface area contributed by atoms with E-state index < -0.39 is 0 Å². The Balaban J connectivity index is 1.24. The Morgan fingerprint density at radius 3 is 1.43 bits per heavy atom. The minimum atomic E-state index is 0.891. The smallest absolute Gasteiger partial charge is 0.143 e. The van der Waals surface area contributed by atoms with Gasteiger partial charge in [0.15, 0.2) is 0 Å². The minimum absolute atomic E-state index is 0.891. The molecular formula is C52H32O. The third-order valence-electron chi connectivity index (χ3n) is 11.1. The van der Waals surface area contributed by atoms with Crippen LogP contribution in [0, 0.1) is 0 Å². The van der Waals surface area contributed by atoms with Crippen LogP contribution in [-0.2, 0) is 0 Å². The molecule has 0 saturated carbocycles. The summed E-state index contributed by atoms with van der Waals surface area (Å²) in [5.41, 5.74) is 11.4. The Morgan fingerprint density at radius 1 is 0.264 bits per heavy atom. The predicted molar refractivity (Wildman–Crippen MR) is 225 cm³/mol. The van der Waals surface area contributed by atoms with Crippen LogP contribution < -0.4 is 0 Å². The maximum absolute atomic E-state index is 6.93. The van der Waals surface area contributed by atoms with E-state index in [0.29, 0.717) is 0 Å². The summed E-state index contributed by atoms with van der Waals surface area (Å²) in [6.07, 6.45) is 0. The number of hydrogen-bond acceptors (Lipinski definition) is 1. The van der Waals surface area contributed by atoms with Gasteiger partial charge in [-0.3, -0.25) is 0 Å². The predicted octanol–water partition coefficient (Wildman–Crippen LogP) is 14.9. The Bertz CT molecular complexity index is 3160. The first-order chi connectivity index (χ1) is 26.3. The van der Waals surface area contributed by atoms with Crippen molar-refractivity contribution in [2.24, 2.45) is 0 Å². The molecule has 0 aliphatic heterocycles. The lowest BCUT2D eigenvalue weighted by Gasteiger charge is -2.20. The number of para-hydroxylation sites is 1. The average Bonchev–Trinajstić information content (AvgIpc) is 3.63. The van der Waals surface area contributed by atoms with E-state index in [4.69, 9.17) is 4.42 Å². The molecule has 1 heterocycles. The molecule has 0 spiro atoms. The molecule has 0 radical (unpaired) electrons. The molecule has 0 unspecified atom stereocenters. The molecule has 11 aromatic rings. The van der Waals surface area contributed by atoms with E-state index in [-0.39, 0.29) is 0 Å². The third kappa shape index (κ3) is 4.51. The fourth-order valence-corrected chi connectivity index (χ4v) is 8.80. The molecule has 0 fully saturated rings. The zero-order chi connectivity index (χ0) is 34.9. The van der Waals surface area contributed by atoms with Crippen LogP contribution in [0.25, 0.3) is 110 Å². The van der Waals surface area contributed by atoms with E-state index in [0.717, 1.165) is 33.1 Å². The average molecular weight is 673 g/mol. The molecule has 0 aliphatic carbocycles. The summed E-state index contributed by atoms with van der Waals surface area (Å²) in [5.74, 6) is 0. The lowest BCUT2D eigenvalue weighted by molar-refractivity contribution is 0.670. The number of fused-ring (bicyclic) bond motifs is 7. The van der Waals surface area contributed by atoms with Gasteiger partial charge in [-0.05, 0) is 94.2 Å². The first-order valence-corrected chi connectivity index (χ1v) is 18.3. The summed E-state index contributed by atoms with van der Waals surface area (Å²) in [6.45, 7) is 0. The molecule has 53 heavy (non-hydrogen) atoms. The Morgan fingerprint density at radius 2 is 0.736 bits per heavy atom. The zero-order valence-corrected chi connectivity index (χ0v) is 28.9. The summed E-state index contributed by atoms with van der Waals surface area (Å²) < 4.78 is 6.93. The normalized spacial score (nSPS) is 11.8. The fraction of sp³-hybridized carbons (Fsp3) is 0. The van der Waals surface area contributed by atoms with E-state index in [1.165, 1.54) is 76.5 Å². The van der Waals surface area contributed by atoms with Crippen LogP contribution in [0.1, 0.15) is 0 Å². The van der Waals surface area contributed by atoms with Gasteiger partial charge in [-0.15, -0.1) is 0 Å². The van der Waals surface area contributed by atoms with Gasteiger partial charge in [0, 0.05) is 16.3 Å². The van der Waals surface area contributed by atoms with Crippen LogP contribution in [-0.4, -0.2) is 0 Å². The summed E-state index contributed by atoms with van der Waals surface area (Å²) >= 11 is 0. The van der Waals surface area contributed by atoms with Crippen molar-refractivity contribution in [3.63, 3.8) is 0 Å². The van der Waals surface area contributed by atoms with Crippen LogP contribution >= 0.6 is 0 Å². The van der Waals surface area contributed by atoms with Crippen LogP contribution in [0.4, 0.5) is 0 Å². The van der Waals surface area contributed by atoms with Crippen molar-refractivity contribution in [1.29, 1.82) is 0 Å². The maximum atomic E-state index is 6.93. The van der Waals surface area contributed by atoms with Crippen LogP contribution in [0.2, 0.25) is 0 Å². The second kappa shape index (κ2) is 11.8. The molecule has 0 amide bonds. The Labute approximate surface area is 307 Å². The largest absolute Gasteiger partial charge is 0.455 e. The van der Waals surface area contributed by atoms with Gasteiger partial charge >= 0.3 is 0 Å². The first-order valence-electron chi connectivity index (χ1n) is 18.3. The van der Waals surface area contributed by atoms with Gasteiger partial charge in [0.05, 0.1) is 0 Å². The van der Waals surface area contributed by atoms with Gasteiger partial charge in [0.2, 0.25) is 0 Å². The van der Waals surface area contributed by atoms with Crippen molar-refractivity contribution in [2.75, 3.05) is 0 Å². The van der Waals surface area contributed by atoms with E-state index in [9.17, 15) is 0 Å². The number of furan rings is 1. The second-order valence-corrected chi connectivity index (χ2v) is 13.9. The van der Waals surface area contributed by atoms with E-state index in [1.54, 1.807) is 0 Å². The summed E-state index contributed by atoms with van der Waals surface area (Å²) in [4.78, 5) is 0. The second-order valence-electron chi connectivity index (χ2n) is 13.9. The van der Waals surface area contributed by atoms with Gasteiger partial charge in [0.25, 0.3) is 0 Å². The lowest BCUT2D eigenvalue weighted by Crippen LogP contribution is -1.93. The van der Waals surface area contributed by atoms with Crippen LogP contribution in [0.5, 0.6) is 0 Å². The monoisotopic (exact) mass is 672 g/mol. The zero-order valence-electron chi connectivity index (χ0n) is 28.9. The molecule has 0 N–H and O–H groups in total. The molecule has 0 atom stereocenters. The van der Waals surface area contributed by atoms with Crippen molar-refractivity contribution in [2.45, 2.75) is 0 Å². The number of rotatable bonds is 4. The van der Waals surface area contributed by atoms with E-state index in [1.807, 2.05) is 0 Å². The molecule has 0 aliphatic rings. The topological polar surface area (TPSA) is 13.1 Å². The van der Waals surface area contributed by atoms with Gasteiger partial charge in [0.1, 0.15) is 11.2 Å². The van der Waals surface area contributed by atoms with E-state index >= 15 is 0 Å². The summed E-state index contributed by atoms with van der Waals surface area (Å²) in [5, 5.41) is 12.1. The van der Waals surface area contributed by atoms with Crippen molar-refractivity contribution in [1.82, 2.24) is 0 Å². The summed E-state index contributed by atoms with van der Waals surface area (Å²) in [7, 11) is 0. The molecular weight excluding hydrogens is 641 g/mol. The van der Waals surface area contributed by atoms with Gasteiger partial charge < -0.3 is 4.42 Å². The van der Waals surface area contributed by atoms with Crippen LogP contribution in [0.3, 0.4) is 0 Å². The Hall–Kier alpha value is -6.96. The standard InChI is InChI=1S/C52H32O/c1-2-15-33(16-3-1)36-29-30-39(38-21-7-6-20-37(36)38)45-31-32-47(51-46-26-12-13-28-48(46)53-52(45)51)50-43-24-10-8-22-41(43)49(42-23-9-11-25-44(42)50)40-27-14-18-34-17-4-5-19-35(34)40/h1-32H. The fourth-order valence-electron chi connectivity index (χ4n) is 8.80. The van der Waals surface area contributed by atoms with Gasteiger partial charge in [-0.2, -0.15) is 0 Å². The molecule has 0 saturated heterocycles. The molecule has 10 aromatic carbocycles. The molecule has 246 valence electrons. The molecule has 1 heteroatoms. The highest BCUT2D eigenvalue weighted by Gasteiger charge is 2.23. The van der Waals surface area contributed by atoms with E-state index in [2.05, 4.69) is 194 Å². The minimum Gasteiger partial charge on any atom is -0.455 e.